The molecule has 10 heteroatoms. The maximum Gasteiger partial charge on any atom is 0.268 e. The van der Waals surface area contributed by atoms with Crippen molar-refractivity contribution in [1.82, 2.24) is 4.98 Å². The minimum absolute atomic E-state index is 0.108. The lowest BCUT2D eigenvalue weighted by Gasteiger charge is -2.21. The lowest BCUT2D eigenvalue weighted by Crippen LogP contribution is -2.21. The summed E-state index contributed by atoms with van der Waals surface area (Å²) in [6.45, 7) is 1.16. The van der Waals surface area contributed by atoms with Crippen LogP contribution in [-0.4, -0.2) is 26.5 Å². The monoisotopic (exact) mass is 391 g/mol. The number of aromatic nitrogens is 1. The quantitative estimate of drug-likeness (QED) is 0.639. The number of sulfonamides is 1. The highest BCUT2D eigenvalue weighted by atomic mass is 35.5. The van der Waals surface area contributed by atoms with Gasteiger partial charge >= 0.3 is 0 Å². The Kier molecular flexibility index (Phi) is 4.79. The number of pyridine rings is 1. The van der Waals surface area contributed by atoms with Crippen molar-refractivity contribution in [2.24, 2.45) is 0 Å². The Hall–Kier alpha value is -2.00. The number of nitrogens with zero attached hydrogens (tertiary/aromatic N) is 2. The SMILES string of the molecule is O=S(=O)(Nc1cccc(F)n1)c1c(F)cc(N2CCCC2)c(Cl)c1F. The third-order valence-electron chi connectivity index (χ3n) is 3.77. The summed E-state index contributed by atoms with van der Waals surface area (Å²) in [5.41, 5.74) is 0.108. The van der Waals surface area contributed by atoms with Gasteiger partial charge in [-0.25, -0.2) is 22.2 Å². The first kappa shape index (κ1) is 17.8. The predicted octanol–water partition coefficient (Wildman–Crippen LogP) is 3.55. The van der Waals surface area contributed by atoms with Crippen LogP contribution >= 0.6 is 11.6 Å². The summed E-state index contributed by atoms with van der Waals surface area (Å²) in [6, 6.07) is 4.25. The number of hydrogen-bond donors (Lipinski definition) is 1. The molecule has 0 atom stereocenters. The van der Waals surface area contributed by atoms with Crippen LogP contribution in [0.4, 0.5) is 24.7 Å². The molecule has 0 bridgehead atoms. The second kappa shape index (κ2) is 6.72. The molecule has 3 rings (SSSR count). The van der Waals surface area contributed by atoms with Crippen molar-refractivity contribution in [3.05, 3.63) is 46.9 Å². The van der Waals surface area contributed by atoms with Crippen molar-refractivity contribution in [3.8, 4) is 0 Å². The third kappa shape index (κ3) is 3.52. The molecule has 1 aromatic carbocycles. The van der Waals surface area contributed by atoms with Crippen LogP contribution in [0.15, 0.2) is 29.2 Å². The Morgan fingerprint density at radius 1 is 1.16 bits per heavy atom. The average molecular weight is 392 g/mol. The van der Waals surface area contributed by atoms with Crippen LogP contribution in [-0.2, 0) is 10.0 Å². The molecule has 2 aromatic rings. The summed E-state index contributed by atoms with van der Waals surface area (Å²) >= 11 is 5.93. The number of hydrogen-bond acceptors (Lipinski definition) is 4. The zero-order valence-electron chi connectivity index (χ0n) is 12.8. The Morgan fingerprint density at radius 2 is 1.84 bits per heavy atom. The van der Waals surface area contributed by atoms with Crippen molar-refractivity contribution in [2.45, 2.75) is 17.7 Å². The molecule has 1 fully saturated rings. The third-order valence-corrected chi connectivity index (χ3v) is 5.52. The van der Waals surface area contributed by atoms with Crippen molar-refractivity contribution in [2.75, 3.05) is 22.7 Å². The summed E-state index contributed by atoms with van der Waals surface area (Å²) in [6.07, 6.45) is 1.71. The van der Waals surface area contributed by atoms with Gasteiger partial charge in [-0.15, -0.1) is 0 Å². The number of benzene rings is 1. The van der Waals surface area contributed by atoms with Crippen LogP contribution in [0.2, 0.25) is 5.02 Å². The molecule has 5 nitrogen and oxygen atoms in total. The summed E-state index contributed by atoms with van der Waals surface area (Å²) in [4.78, 5) is 3.76. The minimum Gasteiger partial charge on any atom is -0.370 e. The second-order valence-electron chi connectivity index (χ2n) is 5.48. The molecule has 0 aliphatic carbocycles. The fourth-order valence-corrected chi connectivity index (χ4v) is 4.12. The van der Waals surface area contributed by atoms with E-state index in [-0.39, 0.29) is 5.69 Å². The molecule has 0 amide bonds. The highest BCUT2D eigenvalue weighted by Crippen LogP contribution is 2.36. The summed E-state index contributed by atoms with van der Waals surface area (Å²) < 4.78 is 68.5. The molecule has 1 aliphatic rings. The van der Waals surface area contributed by atoms with E-state index in [1.807, 2.05) is 4.72 Å². The predicted molar refractivity (Wildman–Crippen MR) is 87.8 cm³/mol. The summed E-state index contributed by atoms with van der Waals surface area (Å²) in [7, 11) is -4.69. The molecule has 1 aromatic heterocycles. The topological polar surface area (TPSA) is 62.3 Å². The van der Waals surface area contributed by atoms with E-state index < -0.39 is 43.3 Å². The van der Waals surface area contributed by atoms with E-state index in [9.17, 15) is 21.6 Å². The molecule has 134 valence electrons. The van der Waals surface area contributed by atoms with Gasteiger partial charge < -0.3 is 4.90 Å². The van der Waals surface area contributed by atoms with Crippen molar-refractivity contribution >= 4 is 33.1 Å². The van der Waals surface area contributed by atoms with Gasteiger partial charge in [-0.1, -0.05) is 17.7 Å². The maximum atomic E-state index is 14.5. The molecule has 2 heterocycles. The molecule has 1 aliphatic heterocycles. The Labute approximate surface area is 147 Å². The number of rotatable bonds is 4. The molecule has 0 saturated carbocycles. The molecule has 0 radical (unpaired) electrons. The van der Waals surface area contributed by atoms with Crippen LogP contribution in [0.5, 0.6) is 0 Å². The van der Waals surface area contributed by atoms with Crippen LogP contribution in [0.3, 0.4) is 0 Å². The Balaban J connectivity index is 2.02. The minimum atomic E-state index is -4.69. The van der Waals surface area contributed by atoms with Gasteiger partial charge in [-0.2, -0.15) is 4.39 Å². The van der Waals surface area contributed by atoms with E-state index in [1.165, 1.54) is 6.07 Å². The fourth-order valence-electron chi connectivity index (χ4n) is 2.65. The van der Waals surface area contributed by atoms with E-state index in [0.717, 1.165) is 31.0 Å². The average Bonchev–Trinajstić information content (AvgIpc) is 3.04. The van der Waals surface area contributed by atoms with Gasteiger partial charge in [0.15, 0.2) is 10.7 Å². The standard InChI is InChI=1S/C15H13ClF3N3O2S/c16-13-10(22-6-1-2-7-22)8-9(17)15(14(13)19)25(23,24)21-12-5-3-4-11(18)20-12/h3-5,8H,1-2,6-7H2,(H,20,21). The van der Waals surface area contributed by atoms with E-state index in [2.05, 4.69) is 4.98 Å². The number of anilines is 2. The molecule has 1 N–H and O–H groups in total. The van der Waals surface area contributed by atoms with Crippen molar-refractivity contribution in [1.29, 1.82) is 0 Å². The van der Waals surface area contributed by atoms with E-state index in [4.69, 9.17) is 11.6 Å². The molecular weight excluding hydrogens is 379 g/mol. The molecule has 0 unspecified atom stereocenters. The van der Waals surface area contributed by atoms with E-state index in [1.54, 1.807) is 4.90 Å². The Morgan fingerprint density at radius 3 is 2.48 bits per heavy atom. The van der Waals surface area contributed by atoms with Crippen LogP contribution in [0.1, 0.15) is 12.8 Å². The van der Waals surface area contributed by atoms with Gasteiger partial charge in [0.2, 0.25) is 5.95 Å². The van der Waals surface area contributed by atoms with Crippen LogP contribution in [0, 0.1) is 17.6 Å². The van der Waals surface area contributed by atoms with E-state index >= 15 is 0 Å². The molecule has 1 saturated heterocycles. The van der Waals surface area contributed by atoms with Crippen molar-refractivity contribution < 1.29 is 21.6 Å². The summed E-state index contributed by atoms with van der Waals surface area (Å²) in [5, 5.41) is -0.476. The molecule has 0 spiro atoms. The lowest BCUT2D eigenvalue weighted by atomic mass is 10.2. The molecular formula is C15H13ClF3N3O2S. The number of halogens is 4. The Bertz CT molecular complexity index is 918. The fraction of sp³-hybridized carbons (Fsp3) is 0.267. The normalized spacial score (nSPS) is 14.8. The van der Waals surface area contributed by atoms with Crippen LogP contribution in [0.25, 0.3) is 0 Å². The van der Waals surface area contributed by atoms with Gasteiger partial charge in [0.1, 0.15) is 16.7 Å². The smallest absolute Gasteiger partial charge is 0.268 e. The zero-order chi connectivity index (χ0) is 18.2. The van der Waals surface area contributed by atoms with E-state index in [0.29, 0.717) is 13.1 Å². The zero-order valence-corrected chi connectivity index (χ0v) is 14.3. The van der Waals surface area contributed by atoms with Gasteiger partial charge in [-0.3, -0.25) is 4.72 Å². The first-order chi connectivity index (χ1) is 11.8. The first-order valence-electron chi connectivity index (χ1n) is 7.37. The van der Waals surface area contributed by atoms with Crippen molar-refractivity contribution in [3.63, 3.8) is 0 Å². The van der Waals surface area contributed by atoms with Gasteiger partial charge in [0, 0.05) is 19.2 Å². The second-order valence-corrected chi connectivity index (χ2v) is 7.48. The van der Waals surface area contributed by atoms with Gasteiger partial charge in [-0.05, 0) is 25.0 Å². The highest BCUT2D eigenvalue weighted by molar-refractivity contribution is 7.92. The highest BCUT2D eigenvalue weighted by Gasteiger charge is 2.30. The summed E-state index contributed by atoms with van der Waals surface area (Å²) in [5.74, 6) is -4.03. The first-order valence-corrected chi connectivity index (χ1v) is 9.23. The lowest BCUT2D eigenvalue weighted by molar-refractivity contribution is 0.521. The van der Waals surface area contributed by atoms with Gasteiger partial charge in [0.05, 0.1) is 5.69 Å². The van der Waals surface area contributed by atoms with Crippen LogP contribution < -0.4 is 9.62 Å². The number of nitrogens with one attached hydrogen (secondary N) is 1. The molecule has 25 heavy (non-hydrogen) atoms. The van der Waals surface area contributed by atoms with Gasteiger partial charge in [0.25, 0.3) is 10.0 Å². The largest absolute Gasteiger partial charge is 0.370 e. The maximum absolute atomic E-state index is 14.5.